The number of carbonyl (C=O) groups is 2. The van der Waals surface area contributed by atoms with Crippen LogP contribution in [0.5, 0.6) is 5.75 Å². The van der Waals surface area contributed by atoms with E-state index < -0.39 is 5.97 Å². The van der Waals surface area contributed by atoms with Crippen LogP contribution in [0.25, 0.3) is 0 Å². The van der Waals surface area contributed by atoms with Crippen molar-refractivity contribution in [3.63, 3.8) is 0 Å². The lowest BCUT2D eigenvalue weighted by Gasteiger charge is -2.33. The molecule has 1 heterocycles. The van der Waals surface area contributed by atoms with Gasteiger partial charge >= 0.3 is 5.97 Å². The molecule has 0 radical (unpaired) electrons. The molecule has 0 aromatic heterocycles. The highest BCUT2D eigenvalue weighted by Gasteiger charge is 2.27. The second-order valence-corrected chi connectivity index (χ2v) is 5.29. The number of carboxylic acids is 1. The van der Waals surface area contributed by atoms with E-state index in [0.29, 0.717) is 31.8 Å². The van der Waals surface area contributed by atoms with Gasteiger partial charge in [-0.2, -0.15) is 0 Å². The molecule has 120 valence electrons. The lowest BCUT2D eigenvalue weighted by molar-refractivity contribution is -0.147. The Kier molecular flexibility index (Phi) is 5.77. The zero-order valence-electron chi connectivity index (χ0n) is 12.7. The van der Waals surface area contributed by atoms with Gasteiger partial charge in [0.2, 0.25) is 5.91 Å². The number of hydrogen-bond acceptors (Lipinski definition) is 4. The molecule has 0 unspecified atom stereocenters. The molecule has 1 amide bonds. The van der Waals surface area contributed by atoms with E-state index in [9.17, 15) is 9.59 Å². The fourth-order valence-electron chi connectivity index (χ4n) is 2.62. The predicted molar refractivity (Wildman–Crippen MR) is 79.9 cm³/mol. The minimum atomic E-state index is -0.995. The number of carbonyl (C=O) groups excluding carboxylic acids is 1. The molecule has 0 atom stereocenters. The SMILES string of the molecule is COc1cccc(CC(=O)N(CC(=O)O)C2CCOCC2)c1. The van der Waals surface area contributed by atoms with E-state index >= 15 is 0 Å². The summed E-state index contributed by atoms with van der Waals surface area (Å²) in [5, 5.41) is 9.07. The Morgan fingerprint density at radius 1 is 1.36 bits per heavy atom. The van der Waals surface area contributed by atoms with Gasteiger partial charge in [-0.3, -0.25) is 9.59 Å². The van der Waals surface area contributed by atoms with Crippen LogP contribution < -0.4 is 4.74 Å². The molecular weight excluding hydrogens is 286 g/mol. The topological polar surface area (TPSA) is 76.1 Å². The molecule has 0 saturated carbocycles. The third-order valence-corrected chi connectivity index (χ3v) is 3.75. The number of nitrogens with zero attached hydrogens (tertiary/aromatic N) is 1. The summed E-state index contributed by atoms with van der Waals surface area (Å²) in [7, 11) is 1.57. The van der Waals surface area contributed by atoms with E-state index in [1.54, 1.807) is 13.2 Å². The monoisotopic (exact) mass is 307 g/mol. The van der Waals surface area contributed by atoms with Crippen LogP contribution in [0.15, 0.2) is 24.3 Å². The second kappa shape index (κ2) is 7.79. The average Bonchev–Trinajstić information content (AvgIpc) is 2.53. The minimum absolute atomic E-state index is 0.0667. The molecule has 1 N–H and O–H groups in total. The van der Waals surface area contributed by atoms with Gasteiger partial charge in [0.1, 0.15) is 12.3 Å². The van der Waals surface area contributed by atoms with Gasteiger partial charge < -0.3 is 19.5 Å². The molecule has 22 heavy (non-hydrogen) atoms. The van der Waals surface area contributed by atoms with Gasteiger partial charge in [0.05, 0.1) is 13.5 Å². The van der Waals surface area contributed by atoms with Gasteiger partial charge in [-0.15, -0.1) is 0 Å². The first-order valence-corrected chi connectivity index (χ1v) is 7.32. The molecule has 0 bridgehead atoms. The van der Waals surface area contributed by atoms with Crippen molar-refractivity contribution in [2.45, 2.75) is 25.3 Å². The third kappa shape index (κ3) is 4.46. The maximum Gasteiger partial charge on any atom is 0.323 e. The minimum Gasteiger partial charge on any atom is -0.497 e. The van der Waals surface area contributed by atoms with Gasteiger partial charge in [0, 0.05) is 19.3 Å². The highest BCUT2D eigenvalue weighted by molar-refractivity contribution is 5.83. The van der Waals surface area contributed by atoms with Crippen molar-refractivity contribution in [2.75, 3.05) is 26.9 Å². The molecule has 1 saturated heterocycles. The summed E-state index contributed by atoms with van der Waals surface area (Å²) in [6.45, 7) is 0.855. The van der Waals surface area contributed by atoms with E-state index in [2.05, 4.69) is 0 Å². The summed E-state index contributed by atoms with van der Waals surface area (Å²) in [6.07, 6.45) is 1.52. The Bertz CT molecular complexity index is 525. The fourth-order valence-corrected chi connectivity index (χ4v) is 2.62. The van der Waals surface area contributed by atoms with Gasteiger partial charge in [0.15, 0.2) is 0 Å². The van der Waals surface area contributed by atoms with Crippen LogP contribution >= 0.6 is 0 Å². The lowest BCUT2D eigenvalue weighted by Crippen LogP contribution is -2.46. The van der Waals surface area contributed by atoms with E-state index in [4.69, 9.17) is 14.6 Å². The van der Waals surface area contributed by atoms with Crippen LogP contribution in [-0.4, -0.2) is 54.8 Å². The molecule has 1 aliphatic rings. The average molecular weight is 307 g/mol. The van der Waals surface area contributed by atoms with Crippen LogP contribution in [0.2, 0.25) is 0 Å². The second-order valence-electron chi connectivity index (χ2n) is 5.29. The highest BCUT2D eigenvalue weighted by Crippen LogP contribution is 2.18. The number of amides is 1. The van der Waals surface area contributed by atoms with Crippen molar-refractivity contribution in [3.05, 3.63) is 29.8 Å². The zero-order chi connectivity index (χ0) is 15.9. The summed E-state index contributed by atoms with van der Waals surface area (Å²) < 4.78 is 10.4. The van der Waals surface area contributed by atoms with Crippen LogP contribution in [0.1, 0.15) is 18.4 Å². The normalized spacial score (nSPS) is 15.3. The quantitative estimate of drug-likeness (QED) is 0.858. The molecule has 1 aliphatic heterocycles. The number of methoxy groups -OCH3 is 1. The standard InChI is InChI=1S/C16H21NO5/c1-21-14-4-2-3-12(9-14)10-15(18)17(11-16(19)20)13-5-7-22-8-6-13/h2-4,9,13H,5-8,10-11H2,1H3,(H,19,20). The number of rotatable bonds is 6. The summed E-state index contributed by atoms with van der Waals surface area (Å²) in [5.74, 6) is -0.491. The summed E-state index contributed by atoms with van der Waals surface area (Å²) >= 11 is 0. The molecule has 6 nitrogen and oxygen atoms in total. The zero-order valence-corrected chi connectivity index (χ0v) is 12.7. The largest absolute Gasteiger partial charge is 0.497 e. The third-order valence-electron chi connectivity index (χ3n) is 3.75. The summed E-state index contributed by atoms with van der Waals surface area (Å²) in [6, 6.07) is 7.19. The van der Waals surface area contributed by atoms with Gasteiger partial charge in [-0.25, -0.2) is 0 Å². The molecule has 2 rings (SSSR count). The van der Waals surface area contributed by atoms with Crippen molar-refractivity contribution < 1.29 is 24.2 Å². The van der Waals surface area contributed by atoms with Crippen LogP contribution in [0, 0.1) is 0 Å². The Balaban J connectivity index is 2.08. The van der Waals surface area contributed by atoms with E-state index in [1.807, 2.05) is 18.2 Å². The molecule has 1 aromatic rings. The van der Waals surface area contributed by atoms with Crippen molar-refractivity contribution in [2.24, 2.45) is 0 Å². The van der Waals surface area contributed by atoms with E-state index in [0.717, 1.165) is 5.56 Å². The fraction of sp³-hybridized carbons (Fsp3) is 0.500. The number of benzene rings is 1. The number of carboxylic acid groups (broad SMARTS) is 1. The molecule has 1 fully saturated rings. The maximum absolute atomic E-state index is 12.5. The molecule has 6 heteroatoms. The Morgan fingerprint density at radius 3 is 2.73 bits per heavy atom. The van der Waals surface area contributed by atoms with Crippen molar-refractivity contribution in [1.29, 1.82) is 0 Å². The molecule has 0 spiro atoms. The first kappa shape index (κ1) is 16.3. The Labute approximate surface area is 129 Å². The number of hydrogen-bond donors (Lipinski definition) is 1. The highest BCUT2D eigenvalue weighted by atomic mass is 16.5. The van der Waals surface area contributed by atoms with E-state index in [-0.39, 0.29) is 24.9 Å². The first-order valence-electron chi connectivity index (χ1n) is 7.32. The molecular formula is C16H21NO5. The number of aliphatic carboxylic acids is 1. The van der Waals surface area contributed by atoms with Crippen LogP contribution in [0.3, 0.4) is 0 Å². The van der Waals surface area contributed by atoms with Crippen LogP contribution in [-0.2, 0) is 20.7 Å². The predicted octanol–water partition coefficient (Wildman–Crippen LogP) is 1.33. The van der Waals surface area contributed by atoms with Gasteiger partial charge in [-0.1, -0.05) is 12.1 Å². The maximum atomic E-state index is 12.5. The Morgan fingerprint density at radius 2 is 2.09 bits per heavy atom. The number of ether oxygens (including phenoxy) is 2. The molecule has 1 aromatic carbocycles. The van der Waals surface area contributed by atoms with Gasteiger partial charge in [0.25, 0.3) is 0 Å². The first-order chi connectivity index (χ1) is 10.6. The Hall–Kier alpha value is -2.08. The van der Waals surface area contributed by atoms with Crippen molar-refractivity contribution in [1.82, 2.24) is 4.90 Å². The smallest absolute Gasteiger partial charge is 0.323 e. The summed E-state index contributed by atoms with van der Waals surface area (Å²) in [4.78, 5) is 25.1. The van der Waals surface area contributed by atoms with Crippen LogP contribution in [0.4, 0.5) is 0 Å². The van der Waals surface area contributed by atoms with E-state index in [1.165, 1.54) is 4.90 Å². The van der Waals surface area contributed by atoms with Crippen molar-refractivity contribution >= 4 is 11.9 Å². The summed E-state index contributed by atoms with van der Waals surface area (Å²) in [5.41, 5.74) is 0.812. The molecule has 0 aliphatic carbocycles. The van der Waals surface area contributed by atoms with Gasteiger partial charge in [-0.05, 0) is 30.5 Å². The lowest BCUT2D eigenvalue weighted by atomic mass is 10.0. The van der Waals surface area contributed by atoms with Crippen molar-refractivity contribution in [3.8, 4) is 5.75 Å².